The topological polar surface area (TPSA) is 64.3 Å². The fraction of sp³-hybridized carbons (Fsp3) is 0.429. The Morgan fingerprint density at radius 2 is 1.79 bits per heavy atom. The van der Waals surface area contributed by atoms with Crippen molar-refractivity contribution < 1.29 is 4.74 Å². The van der Waals surface area contributed by atoms with Crippen LogP contribution >= 0.6 is 0 Å². The molecule has 0 unspecified atom stereocenters. The highest BCUT2D eigenvalue weighted by Gasteiger charge is 2.21. The molecule has 19 heavy (non-hydrogen) atoms. The number of nitrogens with two attached hydrogens (primary N) is 1. The molecule has 5 heteroatoms. The van der Waals surface area contributed by atoms with Crippen LogP contribution in [0.5, 0.6) is 0 Å². The lowest BCUT2D eigenvalue weighted by atomic mass is 10.1. The summed E-state index contributed by atoms with van der Waals surface area (Å²) >= 11 is 0. The lowest BCUT2D eigenvalue weighted by molar-refractivity contribution is 0.0854. The number of hydrogen-bond donors (Lipinski definition) is 1. The van der Waals surface area contributed by atoms with E-state index in [0.717, 1.165) is 42.9 Å². The van der Waals surface area contributed by atoms with Gasteiger partial charge in [-0.3, -0.25) is 0 Å². The Labute approximate surface area is 112 Å². The van der Waals surface area contributed by atoms with Gasteiger partial charge in [0.1, 0.15) is 0 Å². The molecule has 1 aromatic heterocycles. The zero-order valence-corrected chi connectivity index (χ0v) is 11.0. The van der Waals surface area contributed by atoms with Crippen LogP contribution in [0.1, 0.15) is 12.8 Å². The lowest BCUT2D eigenvalue weighted by Crippen LogP contribution is -2.37. The van der Waals surface area contributed by atoms with Gasteiger partial charge in [-0.15, -0.1) is 0 Å². The highest BCUT2D eigenvalue weighted by atomic mass is 16.5. The minimum Gasteiger partial charge on any atom is -0.381 e. The number of aromatic nitrogens is 2. The Morgan fingerprint density at radius 3 is 2.47 bits per heavy atom. The van der Waals surface area contributed by atoms with Crippen LogP contribution < -0.4 is 10.6 Å². The zero-order valence-electron chi connectivity index (χ0n) is 11.0. The Hall–Kier alpha value is -1.88. The van der Waals surface area contributed by atoms with Crippen molar-refractivity contribution in [1.29, 1.82) is 0 Å². The number of para-hydroxylation sites is 2. The number of hydrogen-bond acceptors (Lipinski definition) is 5. The van der Waals surface area contributed by atoms with Gasteiger partial charge in [0.05, 0.1) is 11.0 Å². The van der Waals surface area contributed by atoms with Crippen LogP contribution in [0.4, 0.5) is 11.6 Å². The molecule has 0 amide bonds. The Balaban J connectivity index is 1.96. The molecule has 1 aromatic carbocycles. The van der Waals surface area contributed by atoms with Crippen molar-refractivity contribution in [3.05, 3.63) is 24.3 Å². The summed E-state index contributed by atoms with van der Waals surface area (Å²) < 4.78 is 5.39. The molecular weight excluding hydrogens is 240 g/mol. The third-order valence-corrected chi connectivity index (χ3v) is 3.65. The predicted octanol–water partition coefficient (Wildman–Crippen LogP) is 1.83. The summed E-state index contributed by atoms with van der Waals surface area (Å²) in [5, 5.41) is 0. The Kier molecular flexibility index (Phi) is 3.21. The molecule has 1 aliphatic heterocycles. The largest absolute Gasteiger partial charge is 0.381 e. The number of rotatable bonds is 2. The van der Waals surface area contributed by atoms with Gasteiger partial charge in [0.25, 0.3) is 0 Å². The summed E-state index contributed by atoms with van der Waals surface area (Å²) in [6.07, 6.45) is 2.01. The van der Waals surface area contributed by atoms with Crippen molar-refractivity contribution in [3.63, 3.8) is 0 Å². The van der Waals surface area contributed by atoms with Gasteiger partial charge in [-0.05, 0) is 25.0 Å². The second-order valence-electron chi connectivity index (χ2n) is 4.88. The minimum atomic E-state index is 0.423. The molecule has 5 nitrogen and oxygen atoms in total. The third-order valence-electron chi connectivity index (χ3n) is 3.65. The van der Waals surface area contributed by atoms with E-state index in [1.165, 1.54) is 0 Å². The zero-order chi connectivity index (χ0) is 13.2. The molecule has 1 aliphatic rings. The molecule has 100 valence electrons. The molecule has 0 spiro atoms. The van der Waals surface area contributed by atoms with Crippen molar-refractivity contribution in [3.8, 4) is 0 Å². The first-order valence-corrected chi connectivity index (χ1v) is 6.58. The molecular formula is C14H18N4O. The summed E-state index contributed by atoms with van der Waals surface area (Å²) in [5.74, 6) is 1.26. The van der Waals surface area contributed by atoms with E-state index in [-0.39, 0.29) is 0 Å². The summed E-state index contributed by atoms with van der Waals surface area (Å²) in [6, 6.07) is 8.22. The van der Waals surface area contributed by atoms with E-state index in [0.29, 0.717) is 11.9 Å². The molecule has 1 fully saturated rings. The van der Waals surface area contributed by atoms with Gasteiger partial charge in [0.15, 0.2) is 11.6 Å². The Morgan fingerprint density at radius 1 is 1.16 bits per heavy atom. The quantitative estimate of drug-likeness (QED) is 0.890. The molecule has 0 radical (unpaired) electrons. The molecule has 0 aliphatic carbocycles. The van der Waals surface area contributed by atoms with E-state index in [1.807, 2.05) is 31.3 Å². The second kappa shape index (κ2) is 5.01. The van der Waals surface area contributed by atoms with Crippen LogP contribution in [0.3, 0.4) is 0 Å². The highest BCUT2D eigenvalue weighted by molar-refractivity contribution is 5.79. The van der Waals surface area contributed by atoms with Crippen molar-refractivity contribution in [2.24, 2.45) is 0 Å². The van der Waals surface area contributed by atoms with Gasteiger partial charge in [0.2, 0.25) is 0 Å². The second-order valence-corrected chi connectivity index (χ2v) is 4.88. The summed E-state index contributed by atoms with van der Waals surface area (Å²) in [4.78, 5) is 11.2. The fourth-order valence-corrected chi connectivity index (χ4v) is 2.51. The molecule has 2 heterocycles. The van der Waals surface area contributed by atoms with Gasteiger partial charge >= 0.3 is 0 Å². The van der Waals surface area contributed by atoms with Crippen LogP contribution in [-0.2, 0) is 4.74 Å². The Bertz CT molecular complexity index is 581. The molecule has 2 N–H and O–H groups in total. The first kappa shape index (κ1) is 12.2. The maximum Gasteiger partial charge on any atom is 0.172 e. The highest BCUT2D eigenvalue weighted by Crippen LogP contribution is 2.25. The van der Waals surface area contributed by atoms with Crippen molar-refractivity contribution in [2.45, 2.75) is 18.9 Å². The number of nitrogens with zero attached hydrogens (tertiary/aromatic N) is 3. The van der Waals surface area contributed by atoms with E-state index in [1.54, 1.807) is 0 Å². The maximum absolute atomic E-state index is 6.05. The van der Waals surface area contributed by atoms with Crippen molar-refractivity contribution in [2.75, 3.05) is 30.9 Å². The van der Waals surface area contributed by atoms with Gasteiger partial charge in [0, 0.05) is 26.3 Å². The third kappa shape index (κ3) is 2.33. The standard InChI is InChI=1S/C14H18N4O/c1-18(10-6-8-19-9-7-10)14-13(15)16-11-4-2-3-5-12(11)17-14/h2-5,10H,6-9H2,1H3,(H2,15,16). The SMILES string of the molecule is CN(c1nc2ccccc2nc1N)C1CCOCC1. The molecule has 0 bridgehead atoms. The first-order valence-electron chi connectivity index (χ1n) is 6.58. The van der Waals surface area contributed by atoms with Crippen molar-refractivity contribution in [1.82, 2.24) is 9.97 Å². The van der Waals surface area contributed by atoms with Crippen LogP contribution in [0, 0.1) is 0 Å². The number of benzene rings is 1. The van der Waals surface area contributed by atoms with E-state index < -0.39 is 0 Å². The van der Waals surface area contributed by atoms with Crippen LogP contribution in [0.2, 0.25) is 0 Å². The predicted molar refractivity (Wildman–Crippen MR) is 76.2 cm³/mol. The monoisotopic (exact) mass is 258 g/mol. The smallest absolute Gasteiger partial charge is 0.172 e. The lowest BCUT2D eigenvalue weighted by Gasteiger charge is -2.32. The normalized spacial score (nSPS) is 16.7. The van der Waals surface area contributed by atoms with Crippen LogP contribution in [0.15, 0.2) is 24.3 Å². The molecule has 3 rings (SSSR count). The average molecular weight is 258 g/mol. The van der Waals surface area contributed by atoms with E-state index >= 15 is 0 Å². The first-order chi connectivity index (χ1) is 9.25. The number of anilines is 2. The summed E-state index contributed by atoms with van der Waals surface area (Å²) in [6.45, 7) is 1.60. The summed E-state index contributed by atoms with van der Waals surface area (Å²) in [5.41, 5.74) is 7.77. The molecule has 1 saturated heterocycles. The van der Waals surface area contributed by atoms with Crippen LogP contribution in [0.25, 0.3) is 11.0 Å². The fourth-order valence-electron chi connectivity index (χ4n) is 2.51. The van der Waals surface area contributed by atoms with E-state index in [4.69, 9.17) is 10.5 Å². The molecule has 2 aromatic rings. The number of nitrogen functional groups attached to an aromatic ring is 1. The summed E-state index contributed by atoms with van der Waals surface area (Å²) in [7, 11) is 2.03. The van der Waals surface area contributed by atoms with E-state index in [2.05, 4.69) is 14.9 Å². The van der Waals surface area contributed by atoms with Crippen molar-refractivity contribution >= 4 is 22.7 Å². The van der Waals surface area contributed by atoms with Gasteiger partial charge in [-0.25, -0.2) is 9.97 Å². The maximum atomic E-state index is 6.05. The molecule has 0 atom stereocenters. The van der Waals surface area contributed by atoms with Gasteiger partial charge < -0.3 is 15.4 Å². The number of ether oxygens (including phenoxy) is 1. The van der Waals surface area contributed by atoms with Gasteiger partial charge in [-0.2, -0.15) is 0 Å². The van der Waals surface area contributed by atoms with Gasteiger partial charge in [-0.1, -0.05) is 12.1 Å². The average Bonchev–Trinajstić information content (AvgIpc) is 2.47. The minimum absolute atomic E-state index is 0.423. The molecule has 0 saturated carbocycles. The van der Waals surface area contributed by atoms with E-state index in [9.17, 15) is 0 Å². The number of fused-ring (bicyclic) bond motifs is 1. The van der Waals surface area contributed by atoms with Crippen LogP contribution in [-0.4, -0.2) is 36.3 Å².